The smallest absolute Gasteiger partial charge is 0.320 e. The lowest BCUT2D eigenvalue weighted by molar-refractivity contribution is -0.157. The average molecular weight is 470 g/mol. The van der Waals surface area contributed by atoms with Gasteiger partial charge in [0.2, 0.25) is 0 Å². The van der Waals surface area contributed by atoms with Crippen molar-refractivity contribution >= 4 is 5.97 Å². The molecule has 8 nitrogen and oxygen atoms in total. The fraction of sp³-hybridized carbons (Fsp3) is 0.280. The van der Waals surface area contributed by atoms with Gasteiger partial charge in [0.1, 0.15) is 30.4 Å². The molecule has 0 unspecified atom stereocenters. The summed E-state index contributed by atoms with van der Waals surface area (Å²) in [6, 6.07) is 14.0. The molecule has 34 heavy (non-hydrogen) atoms. The van der Waals surface area contributed by atoms with E-state index in [0.717, 1.165) is 5.56 Å². The number of methoxy groups -OCH3 is 1. The summed E-state index contributed by atoms with van der Waals surface area (Å²) in [5.74, 6) is 0.376. The van der Waals surface area contributed by atoms with Crippen LogP contribution >= 0.6 is 0 Å². The number of ether oxygens (including phenoxy) is 4. The predicted octanol–water partition coefficient (Wildman–Crippen LogP) is 3.22. The molecule has 2 aromatic carbocycles. The third kappa shape index (κ3) is 6.58. The Balaban J connectivity index is 1.71. The first-order chi connectivity index (χ1) is 16.2. The van der Waals surface area contributed by atoms with Crippen LogP contribution in [0.2, 0.25) is 0 Å². The maximum absolute atomic E-state index is 13.0. The summed E-state index contributed by atoms with van der Waals surface area (Å²) >= 11 is 0. The Morgan fingerprint density at radius 1 is 1.03 bits per heavy atom. The molecule has 0 saturated heterocycles. The fourth-order valence-corrected chi connectivity index (χ4v) is 3.07. The Bertz CT molecular complexity index is 1190. The van der Waals surface area contributed by atoms with Crippen LogP contribution < -0.4 is 25.5 Å². The predicted molar refractivity (Wildman–Crippen MR) is 124 cm³/mol. The van der Waals surface area contributed by atoms with Crippen LogP contribution in [0.15, 0.2) is 65.6 Å². The molecule has 0 radical (unpaired) electrons. The van der Waals surface area contributed by atoms with Crippen molar-refractivity contribution < 1.29 is 28.1 Å². The van der Waals surface area contributed by atoms with Crippen molar-refractivity contribution in [3.63, 3.8) is 0 Å². The molecule has 1 aromatic heterocycles. The molecule has 0 aliphatic heterocycles. The van der Waals surface area contributed by atoms with E-state index in [4.69, 9.17) is 24.7 Å². The second kappa shape index (κ2) is 10.8. The molecule has 3 rings (SSSR count). The number of benzene rings is 2. The molecule has 0 spiro atoms. The monoisotopic (exact) mass is 470 g/mol. The molecule has 0 aliphatic rings. The first-order valence-corrected chi connectivity index (χ1v) is 10.5. The normalized spacial score (nSPS) is 11.1. The van der Waals surface area contributed by atoms with E-state index in [9.17, 15) is 14.0 Å². The SMILES string of the molecule is COc1cc(-n2ccc(OCc3ccc(F)cc3)cc2=O)ccc1OCC(C)(C)OC(=O)CN. The van der Waals surface area contributed by atoms with Crippen molar-refractivity contribution in [1.82, 2.24) is 4.57 Å². The molecule has 9 heteroatoms. The van der Waals surface area contributed by atoms with Gasteiger partial charge >= 0.3 is 5.97 Å². The molecule has 0 bridgehead atoms. The van der Waals surface area contributed by atoms with E-state index in [2.05, 4.69) is 0 Å². The van der Waals surface area contributed by atoms with Crippen molar-refractivity contribution in [1.29, 1.82) is 0 Å². The van der Waals surface area contributed by atoms with E-state index >= 15 is 0 Å². The summed E-state index contributed by atoms with van der Waals surface area (Å²) in [6.07, 6.45) is 1.59. The number of nitrogens with two attached hydrogens (primary N) is 1. The lowest BCUT2D eigenvalue weighted by Gasteiger charge is -2.25. The van der Waals surface area contributed by atoms with Crippen molar-refractivity contribution in [2.75, 3.05) is 20.3 Å². The first kappa shape index (κ1) is 24.8. The van der Waals surface area contributed by atoms with Crippen LogP contribution in [0.4, 0.5) is 4.39 Å². The summed E-state index contributed by atoms with van der Waals surface area (Å²) < 4.78 is 36.5. The van der Waals surface area contributed by atoms with Gasteiger partial charge in [0.25, 0.3) is 5.56 Å². The molecule has 0 aliphatic carbocycles. The summed E-state index contributed by atoms with van der Waals surface area (Å²) in [5, 5.41) is 0. The van der Waals surface area contributed by atoms with Crippen LogP contribution in [0, 0.1) is 5.82 Å². The second-order valence-corrected chi connectivity index (χ2v) is 8.05. The number of carbonyl (C=O) groups excluding carboxylic acids is 1. The summed E-state index contributed by atoms with van der Waals surface area (Å²) in [5.41, 5.74) is 5.45. The van der Waals surface area contributed by atoms with E-state index in [1.54, 1.807) is 56.4 Å². The maximum atomic E-state index is 13.0. The van der Waals surface area contributed by atoms with Crippen LogP contribution in [-0.2, 0) is 16.1 Å². The molecular formula is C25H27FN2O6. The molecule has 0 amide bonds. The van der Waals surface area contributed by atoms with Gasteiger partial charge in [-0.1, -0.05) is 12.1 Å². The number of halogens is 1. The molecule has 3 aromatic rings. The zero-order valence-electron chi connectivity index (χ0n) is 19.2. The lowest BCUT2D eigenvalue weighted by atomic mass is 10.1. The van der Waals surface area contributed by atoms with E-state index in [-0.39, 0.29) is 31.1 Å². The Morgan fingerprint density at radius 3 is 2.41 bits per heavy atom. The summed E-state index contributed by atoms with van der Waals surface area (Å²) in [7, 11) is 1.49. The molecule has 0 saturated carbocycles. The van der Waals surface area contributed by atoms with Gasteiger partial charge in [-0.15, -0.1) is 0 Å². The molecule has 2 N–H and O–H groups in total. The number of nitrogens with zero attached hydrogens (tertiary/aromatic N) is 1. The molecule has 1 heterocycles. The summed E-state index contributed by atoms with van der Waals surface area (Å²) in [6.45, 7) is 3.49. The van der Waals surface area contributed by atoms with Gasteiger partial charge < -0.3 is 24.7 Å². The lowest BCUT2D eigenvalue weighted by Crippen LogP contribution is -2.37. The number of hydrogen-bond donors (Lipinski definition) is 1. The number of esters is 1. The molecule has 0 fully saturated rings. The van der Waals surface area contributed by atoms with E-state index in [0.29, 0.717) is 22.9 Å². The fourth-order valence-electron chi connectivity index (χ4n) is 3.07. The topological polar surface area (TPSA) is 102 Å². The van der Waals surface area contributed by atoms with Crippen LogP contribution in [-0.4, -0.2) is 36.4 Å². The first-order valence-electron chi connectivity index (χ1n) is 10.5. The van der Waals surface area contributed by atoms with E-state index in [1.807, 2.05) is 0 Å². The number of pyridine rings is 1. The minimum Gasteiger partial charge on any atom is -0.493 e. The zero-order valence-corrected chi connectivity index (χ0v) is 19.2. The van der Waals surface area contributed by atoms with Gasteiger partial charge in [0.15, 0.2) is 11.5 Å². The van der Waals surface area contributed by atoms with E-state index in [1.165, 1.54) is 29.9 Å². The quantitative estimate of drug-likeness (QED) is 0.454. The minimum absolute atomic E-state index is 0.0779. The van der Waals surface area contributed by atoms with Crippen LogP contribution in [0.5, 0.6) is 17.2 Å². The number of carbonyl (C=O) groups is 1. The third-order valence-corrected chi connectivity index (χ3v) is 4.77. The van der Waals surface area contributed by atoms with Gasteiger partial charge in [-0.05, 0) is 49.7 Å². The van der Waals surface area contributed by atoms with Gasteiger partial charge in [-0.2, -0.15) is 0 Å². The second-order valence-electron chi connectivity index (χ2n) is 8.05. The van der Waals surface area contributed by atoms with Crippen molar-refractivity contribution in [2.45, 2.75) is 26.1 Å². The van der Waals surface area contributed by atoms with Crippen LogP contribution in [0.1, 0.15) is 19.4 Å². The highest BCUT2D eigenvalue weighted by molar-refractivity contribution is 5.71. The summed E-state index contributed by atoms with van der Waals surface area (Å²) in [4.78, 5) is 24.1. The number of aromatic nitrogens is 1. The van der Waals surface area contributed by atoms with Crippen molar-refractivity contribution in [3.8, 4) is 22.9 Å². The molecular weight excluding hydrogens is 443 g/mol. The Labute approximate surface area is 196 Å². The minimum atomic E-state index is -0.888. The third-order valence-electron chi connectivity index (χ3n) is 4.77. The Kier molecular flexibility index (Phi) is 7.91. The standard InChI is InChI=1S/C25H27FN2O6/c1-25(2,34-24(30)14-27)16-33-21-9-8-19(12-22(21)31-3)28-11-10-20(13-23(28)29)32-15-17-4-6-18(26)7-5-17/h4-13H,14-16,27H2,1-3H3. The van der Waals surface area contributed by atoms with Crippen molar-refractivity contribution in [3.05, 3.63) is 82.5 Å². The van der Waals surface area contributed by atoms with E-state index < -0.39 is 11.6 Å². The highest BCUT2D eigenvalue weighted by Crippen LogP contribution is 2.30. The average Bonchev–Trinajstić information content (AvgIpc) is 2.82. The van der Waals surface area contributed by atoms with Gasteiger partial charge in [-0.25, -0.2) is 4.39 Å². The number of rotatable bonds is 10. The van der Waals surface area contributed by atoms with Crippen molar-refractivity contribution in [2.24, 2.45) is 5.73 Å². The van der Waals surface area contributed by atoms with Crippen LogP contribution in [0.25, 0.3) is 5.69 Å². The van der Waals surface area contributed by atoms with Gasteiger partial charge in [0, 0.05) is 18.3 Å². The maximum Gasteiger partial charge on any atom is 0.320 e. The highest BCUT2D eigenvalue weighted by Gasteiger charge is 2.24. The Hall–Kier alpha value is -3.85. The zero-order chi connectivity index (χ0) is 24.7. The molecule has 0 atom stereocenters. The highest BCUT2D eigenvalue weighted by atomic mass is 19.1. The Morgan fingerprint density at radius 2 is 1.76 bits per heavy atom. The van der Waals surface area contributed by atoms with Gasteiger partial charge in [0.05, 0.1) is 19.3 Å². The number of hydrogen-bond acceptors (Lipinski definition) is 7. The van der Waals surface area contributed by atoms with Crippen LogP contribution in [0.3, 0.4) is 0 Å². The largest absolute Gasteiger partial charge is 0.493 e. The molecule has 180 valence electrons. The van der Waals surface area contributed by atoms with Gasteiger partial charge in [-0.3, -0.25) is 14.2 Å².